The van der Waals surface area contributed by atoms with Crippen LogP contribution >= 0.6 is 31.9 Å². The van der Waals surface area contributed by atoms with Crippen molar-refractivity contribution in [2.24, 2.45) is 0 Å². The lowest BCUT2D eigenvalue weighted by Gasteiger charge is -2.14. The summed E-state index contributed by atoms with van der Waals surface area (Å²) < 4.78 is 1.40. The Hall–Kier alpha value is -1.67. The second kappa shape index (κ2) is 6.86. The number of hydrogen-bond acceptors (Lipinski definition) is 3. The summed E-state index contributed by atoms with van der Waals surface area (Å²) in [4.78, 5) is 30.1. The van der Waals surface area contributed by atoms with Crippen molar-refractivity contribution in [3.05, 3.63) is 50.9 Å². The Morgan fingerprint density at radius 2 is 2.14 bits per heavy atom. The van der Waals surface area contributed by atoms with Gasteiger partial charge in [-0.2, -0.15) is 0 Å². The lowest BCUT2D eigenvalue weighted by atomic mass is 10.1. The zero-order valence-electron chi connectivity index (χ0n) is 10.6. The highest BCUT2D eigenvalue weighted by atomic mass is 79.9. The highest BCUT2D eigenvalue weighted by molar-refractivity contribution is 9.11. The van der Waals surface area contributed by atoms with E-state index in [-0.39, 0.29) is 6.42 Å². The number of carboxylic acid groups (broad SMARTS) is 1. The first kappa shape index (κ1) is 15.7. The third-order valence-electron chi connectivity index (χ3n) is 2.76. The van der Waals surface area contributed by atoms with E-state index in [1.807, 2.05) is 0 Å². The maximum absolute atomic E-state index is 12.2. The number of nitrogens with zero attached hydrogens (tertiary/aromatic N) is 1. The Labute approximate surface area is 137 Å². The zero-order chi connectivity index (χ0) is 15.4. The summed E-state index contributed by atoms with van der Waals surface area (Å²) in [5.41, 5.74) is 1.01. The van der Waals surface area contributed by atoms with E-state index in [9.17, 15) is 14.7 Å². The van der Waals surface area contributed by atoms with Gasteiger partial charge in [0.05, 0.1) is 11.9 Å². The second-order valence-electron chi connectivity index (χ2n) is 4.27. The monoisotopic (exact) mass is 415 g/mol. The van der Waals surface area contributed by atoms with E-state index < -0.39 is 17.9 Å². The molecule has 0 saturated heterocycles. The number of halogens is 2. The van der Waals surface area contributed by atoms with Gasteiger partial charge >= 0.3 is 5.97 Å². The number of imidazole rings is 1. The standard InChI is InChI=1S/C13H11Br2N3O3/c14-7-1-2-9(10(15)3-7)12(19)18-11(13(20)21)4-8-5-16-6-17-8/h1-3,5-6,11H,4H2,(H,16,17)(H,18,19)(H,20,21)/t11-/m1/s1. The Morgan fingerprint density at radius 3 is 2.71 bits per heavy atom. The molecule has 1 amide bonds. The number of aliphatic carboxylic acids is 1. The number of aromatic nitrogens is 2. The van der Waals surface area contributed by atoms with E-state index >= 15 is 0 Å². The molecule has 21 heavy (non-hydrogen) atoms. The Kier molecular flexibility index (Phi) is 5.13. The van der Waals surface area contributed by atoms with Crippen LogP contribution in [0.3, 0.4) is 0 Å². The van der Waals surface area contributed by atoms with Crippen LogP contribution in [0.5, 0.6) is 0 Å². The average Bonchev–Trinajstić information content (AvgIpc) is 2.90. The van der Waals surface area contributed by atoms with E-state index in [0.717, 1.165) is 4.47 Å². The van der Waals surface area contributed by atoms with E-state index in [0.29, 0.717) is 15.7 Å². The van der Waals surface area contributed by atoms with Crippen molar-refractivity contribution in [2.45, 2.75) is 12.5 Å². The number of aromatic amines is 1. The summed E-state index contributed by atoms with van der Waals surface area (Å²) >= 11 is 6.57. The molecule has 1 aromatic heterocycles. The van der Waals surface area contributed by atoms with Gasteiger partial charge in [-0.15, -0.1) is 0 Å². The predicted molar refractivity (Wildman–Crippen MR) is 83.0 cm³/mol. The second-order valence-corrected chi connectivity index (χ2v) is 6.04. The van der Waals surface area contributed by atoms with Crippen LogP contribution in [0.2, 0.25) is 0 Å². The summed E-state index contributed by atoms with van der Waals surface area (Å²) in [6, 6.07) is 4.01. The van der Waals surface area contributed by atoms with Crippen LogP contribution in [0, 0.1) is 0 Å². The van der Waals surface area contributed by atoms with E-state index in [1.54, 1.807) is 18.2 Å². The highest BCUT2D eigenvalue weighted by Crippen LogP contribution is 2.22. The topological polar surface area (TPSA) is 95.1 Å². The Balaban J connectivity index is 2.12. The third kappa shape index (κ3) is 4.15. The maximum atomic E-state index is 12.2. The quantitative estimate of drug-likeness (QED) is 0.697. The van der Waals surface area contributed by atoms with Crippen molar-refractivity contribution in [1.29, 1.82) is 0 Å². The molecule has 110 valence electrons. The number of nitrogens with one attached hydrogen (secondary N) is 2. The van der Waals surface area contributed by atoms with Gasteiger partial charge in [-0.1, -0.05) is 15.9 Å². The summed E-state index contributed by atoms with van der Waals surface area (Å²) in [6.45, 7) is 0. The third-order valence-corrected chi connectivity index (χ3v) is 3.91. The molecule has 1 atom stereocenters. The van der Waals surface area contributed by atoms with E-state index in [4.69, 9.17) is 0 Å². The molecule has 2 rings (SSSR count). The number of carbonyl (C=O) groups excluding carboxylic acids is 1. The molecule has 0 fully saturated rings. The van der Waals surface area contributed by atoms with Gasteiger partial charge < -0.3 is 15.4 Å². The van der Waals surface area contributed by atoms with Gasteiger partial charge in [0.15, 0.2) is 0 Å². The lowest BCUT2D eigenvalue weighted by Crippen LogP contribution is -2.42. The molecule has 6 nitrogen and oxygen atoms in total. The maximum Gasteiger partial charge on any atom is 0.326 e. The van der Waals surface area contributed by atoms with Crippen LogP contribution in [-0.2, 0) is 11.2 Å². The largest absolute Gasteiger partial charge is 0.480 e. The number of rotatable bonds is 5. The highest BCUT2D eigenvalue weighted by Gasteiger charge is 2.22. The lowest BCUT2D eigenvalue weighted by molar-refractivity contribution is -0.139. The molecular formula is C13H11Br2N3O3. The molecule has 0 aliphatic heterocycles. The molecule has 8 heteroatoms. The van der Waals surface area contributed by atoms with Crippen molar-refractivity contribution in [3.8, 4) is 0 Å². The van der Waals surface area contributed by atoms with Crippen LogP contribution in [0.1, 0.15) is 16.1 Å². The summed E-state index contributed by atoms with van der Waals surface area (Å²) in [5.74, 6) is -1.56. The number of benzene rings is 1. The molecule has 0 saturated carbocycles. The van der Waals surface area contributed by atoms with Crippen LogP contribution in [-0.4, -0.2) is 33.0 Å². The Morgan fingerprint density at radius 1 is 1.38 bits per heavy atom. The molecule has 1 aromatic carbocycles. The first-order valence-corrected chi connectivity index (χ1v) is 7.52. The minimum absolute atomic E-state index is 0.134. The van der Waals surface area contributed by atoms with Gasteiger partial charge in [-0.25, -0.2) is 9.78 Å². The first-order chi connectivity index (χ1) is 9.97. The Bertz CT molecular complexity index is 659. The minimum atomic E-state index is -1.11. The molecule has 0 aliphatic carbocycles. The summed E-state index contributed by atoms with van der Waals surface area (Å²) in [7, 11) is 0. The van der Waals surface area contributed by atoms with Gasteiger partial charge in [0.1, 0.15) is 6.04 Å². The van der Waals surface area contributed by atoms with Gasteiger partial charge in [0, 0.05) is 27.3 Å². The van der Waals surface area contributed by atoms with Gasteiger partial charge in [0.25, 0.3) is 5.91 Å². The molecule has 1 heterocycles. The fraction of sp³-hybridized carbons (Fsp3) is 0.154. The minimum Gasteiger partial charge on any atom is -0.480 e. The smallest absolute Gasteiger partial charge is 0.326 e. The molecule has 3 N–H and O–H groups in total. The van der Waals surface area contributed by atoms with E-state index in [2.05, 4.69) is 47.1 Å². The van der Waals surface area contributed by atoms with Gasteiger partial charge in [-0.05, 0) is 34.1 Å². The van der Waals surface area contributed by atoms with Crippen LogP contribution in [0.15, 0.2) is 39.7 Å². The molecular weight excluding hydrogens is 406 g/mol. The fourth-order valence-electron chi connectivity index (χ4n) is 1.73. The zero-order valence-corrected chi connectivity index (χ0v) is 13.8. The molecule has 0 radical (unpaired) electrons. The molecule has 2 aromatic rings. The molecule has 0 aliphatic rings. The predicted octanol–water partition coefficient (Wildman–Crippen LogP) is 2.36. The summed E-state index contributed by atoms with van der Waals surface area (Å²) in [5, 5.41) is 11.7. The van der Waals surface area contributed by atoms with Crippen LogP contribution < -0.4 is 5.32 Å². The summed E-state index contributed by atoms with van der Waals surface area (Å²) in [6.07, 6.45) is 3.12. The number of carbonyl (C=O) groups is 2. The SMILES string of the molecule is O=C(N[C@H](Cc1cnc[nH]1)C(=O)O)c1ccc(Br)cc1Br. The number of H-pyrrole nitrogens is 1. The van der Waals surface area contributed by atoms with Crippen molar-refractivity contribution in [2.75, 3.05) is 0 Å². The van der Waals surface area contributed by atoms with Crippen molar-refractivity contribution in [3.63, 3.8) is 0 Å². The fourth-order valence-corrected chi connectivity index (χ4v) is 2.95. The van der Waals surface area contributed by atoms with E-state index in [1.165, 1.54) is 12.5 Å². The number of carboxylic acids is 1. The number of amides is 1. The van der Waals surface area contributed by atoms with Gasteiger partial charge in [-0.3, -0.25) is 4.79 Å². The van der Waals surface area contributed by atoms with Crippen molar-refractivity contribution >= 4 is 43.7 Å². The van der Waals surface area contributed by atoms with Crippen LogP contribution in [0.25, 0.3) is 0 Å². The van der Waals surface area contributed by atoms with Gasteiger partial charge in [0.2, 0.25) is 0 Å². The molecule has 0 unspecified atom stereocenters. The average molecular weight is 417 g/mol. The van der Waals surface area contributed by atoms with Crippen molar-refractivity contribution < 1.29 is 14.7 Å². The molecule has 0 spiro atoms. The number of hydrogen-bond donors (Lipinski definition) is 3. The first-order valence-electron chi connectivity index (χ1n) is 5.93. The molecule has 0 bridgehead atoms. The van der Waals surface area contributed by atoms with Crippen molar-refractivity contribution in [1.82, 2.24) is 15.3 Å². The van der Waals surface area contributed by atoms with Crippen LogP contribution in [0.4, 0.5) is 0 Å². The normalized spacial score (nSPS) is 11.9.